The maximum Gasteiger partial charge on any atom is 0.347 e. The number of hydrogen-bond acceptors (Lipinski definition) is 5. The van der Waals surface area contributed by atoms with E-state index in [0.717, 1.165) is 16.5 Å². The Bertz CT molecular complexity index is 984. The third-order valence-electron chi connectivity index (χ3n) is 4.14. The standard InChI is InChI=1S/C23H19BrO5/c1-27-22(25)17-7-10-19(11-8-17)29-23(26)20-15-18(24)9-12-21(20)28-14-13-16-5-3-2-4-6-16/h2-12,15H,13-14H2,1H3. The van der Waals surface area contributed by atoms with Crippen molar-refractivity contribution in [3.8, 4) is 11.5 Å². The molecule has 0 atom stereocenters. The number of carbonyl (C=O) groups is 2. The summed E-state index contributed by atoms with van der Waals surface area (Å²) >= 11 is 3.37. The van der Waals surface area contributed by atoms with Crippen LogP contribution in [0.5, 0.6) is 11.5 Å². The molecule has 0 aromatic heterocycles. The van der Waals surface area contributed by atoms with Crippen LogP contribution in [0.2, 0.25) is 0 Å². The van der Waals surface area contributed by atoms with Gasteiger partial charge in [-0.25, -0.2) is 9.59 Å². The fraction of sp³-hybridized carbons (Fsp3) is 0.130. The van der Waals surface area contributed by atoms with Crippen LogP contribution in [0.25, 0.3) is 0 Å². The molecule has 0 amide bonds. The first-order valence-electron chi connectivity index (χ1n) is 8.93. The van der Waals surface area contributed by atoms with Gasteiger partial charge in [-0.1, -0.05) is 46.3 Å². The van der Waals surface area contributed by atoms with Gasteiger partial charge < -0.3 is 14.2 Å². The number of methoxy groups -OCH3 is 1. The minimum absolute atomic E-state index is 0.310. The molecule has 0 aliphatic heterocycles. The van der Waals surface area contributed by atoms with Crippen LogP contribution in [0, 0.1) is 0 Å². The maximum atomic E-state index is 12.7. The van der Waals surface area contributed by atoms with E-state index in [9.17, 15) is 9.59 Å². The summed E-state index contributed by atoms with van der Waals surface area (Å²) in [6.45, 7) is 0.430. The lowest BCUT2D eigenvalue weighted by atomic mass is 10.1. The van der Waals surface area contributed by atoms with E-state index >= 15 is 0 Å². The Hall–Kier alpha value is -3.12. The summed E-state index contributed by atoms with van der Waals surface area (Å²) in [5.41, 5.74) is 1.84. The van der Waals surface area contributed by atoms with E-state index in [1.807, 2.05) is 30.3 Å². The predicted octanol–water partition coefficient (Wildman–Crippen LogP) is 5.08. The molecule has 0 spiro atoms. The molecule has 29 heavy (non-hydrogen) atoms. The van der Waals surface area contributed by atoms with Gasteiger partial charge in [0.1, 0.15) is 17.1 Å². The molecular formula is C23H19BrO5. The van der Waals surface area contributed by atoms with Crippen molar-refractivity contribution in [1.29, 1.82) is 0 Å². The van der Waals surface area contributed by atoms with Gasteiger partial charge in [-0.3, -0.25) is 0 Å². The van der Waals surface area contributed by atoms with Gasteiger partial charge in [0.05, 0.1) is 19.3 Å². The molecule has 3 rings (SSSR count). The maximum absolute atomic E-state index is 12.7. The zero-order chi connectivity index (χ0) is 20.6. The molecule has 0 aliphatic rings. The number of esters is 2. The fourth-order valence-corrected chi connectivity index (χ4v) is 3.01. The van der Waals surface area contributed by atoms with E-state index in [2.05, 4.69) is 20.7 Å². The topological polar surface area (TPSA) is 61.8 Å². The molecule has 3 aromatic carbocycles. The molecule has 0 heterocycles. The average Bonchev–Trinajstić information content (AvgIpc) is 2.75. The van der Waals surface area contributed by atoms with Crippen molar-refractivity contribution in [3.05, 3.63) is 94.0 Å². The summed E-state index contributed by atoms with van der Waals surface area (Å²) < 4.78 is 16.7. The van der Waals surface area contributed by atoms with Crippen molar-refractivity contribution < 1.29 is 23.8 Å². The van der Waals surface area contributed by atoms with Crippen LogP contribution >= 0.6 is 15.9 Å². The molecule has 148 valence electrons. The third-order valence-corrected chi connectivity index (χ3v) is 4.63. The molecule has 0 fully saturated rings. The van der Waals surface area contributed by atoms with Gasteiger partial charge in [-0.05, 0) is 48.0 Å². The van der Waals surface area contributed by atoms with Gasteiger partial charge in [-0.2, -0.15) is 0 Å². The van der Waals surface area contributed by atoms with Crippen molar-refractivity contribution in [3.63, 3.8) is 0 Å². The number of rotatable bonds is 7. The monoisotopic (exact) mass is 454 g/mol. The minimum atomic E-state index is -0.549. The molecule has 0 unspecified atom stereocenters. The van der Waals surface area contributed by atoms with Crippen molar-refractivity contribution >= 4 is 27.9 Å². The van der Waals surface area contributed by atoms with Crippen molar-refractivity contribution in [2.45, 2.75) is 6.42 Å². The Kier molecular flexibility index (Phi) is 7.03. The van der Waals surface area contributed by atoms with Crippen molar-refractivity contribution in [2.24, 2.45) is 0 Å². The summed E-state index contributed by atoms with van der Waals surface area (Å²) in [7, 11) is 1.31. The zero-order valence-electron chi connectivity index (χ0n) is 15.8. The molecule has 3 aromatic rings. The van der Waals surface area contributed by atoms with Gasteiger partial charge in [0.25, 0.3) is 0 Å². The lowest BCUT2D eigenvalue weighted by Gasteiger charge is -2.12. The second kappa shape index (κ2) is 9.89. The summed E-state index contributed by atoms with van der Waals surface area (Å²) in [5, 5.41) is 0. The molecule has 0 saturated heterocycles. The van der Waals surface area contributed by atoms with Crippen molar-refractivity contribution in [1.82, 2.24) is 0 Å². The smallest absolute Gasteiger partial charge is 0.347 e. The van der Waals surface area contributed by atoms with Crippen LogP contribution in [0.15, 0.2) is 77.3 Å². The van der Waals surface area contributed by atoms with E-state index in [1.165, 1.54) is 31.4 Å². The SMILES string of the molecule is COC(=O)c1ccc(OC(=O)c2cc(Br)ccc2OCCc2ccccc2)cc1. The Morgan fingerprint density at radius 3 is 2.31 bits per heavy atom. The molecule has 0 N–H and O–H groups in total. The summed E-state index contributed by atoms with van der Waals surface area (Å²) in [5.74, 6) is -0.242. The van der Waals surface area contributed by atoms with E-state index < -0.39 is 11.9 Å². The largest absolute Gasteiger partial charge is 0.492 e. The molecule has 0 bridgehead atoms. The summed E-state index contributed by atoms with van der Waals surface area (Å²) in [6.07, 6.45) is 0.723. The highest BCUT2D eigenvalue weighted by Gasteiger charge is 2.16. The first-order chi connectivity index (χ1) is 14.1. The van der Waals surface area contributed by atoms with E-state index in [4.69, 9.17) is 9.47 Å². The Balaban J connectivity index is 1.69. The number of carbonyl (C=O) groups excluding carboxylic acids is 2. The molecule has 0 saturated carbocycles. The van der Waals surface area contributed by atoms with Crippen LogP contribution in [0.4, 0.5) is 0 Å². The number of hydrogen-bond donors (Lipinski definition) is 0. The van der Waals surface area contributed by atoms with Gasteiger partial charge in [0.15, 0.2) is 0 Å². The first kappa shape index (κ1) is 20.6. The van der Waals surface area contributed by atoms with Crippen LogP contribution in [0.3, 0.4) is 0 Å². The Morgan fingerprint density at radius 2 is 1.62 bits per heavy atom. The molecule has 0 aliphatic carbocycles. The minimum Gasteiger partial charge on any atom is -0.492 e. The van der Waals surface area contributed by atoms with Crippen LogP contribution < -0.4 is 9.47 Å². The quantitative estimate of drug-likeness (QED) is 0.368. The number of ether oxygens (including phenoxy) is 3. The molecular weight excluding hydrogens is 436 g/mol. The Morgan fingerprint density at radius 1 is 0.897 bits per heavy atom. The lowest BCUT2D eigenvalue weighted by molar-refractivity contribution is 0.0600. The third kappa shape index (κ3) is 5.68. The van der Waals surface area contributed by atoms with Gasteiger partial charge in [-0.15, -0.1) is 0 Å². The van der Waals surface area contributed by atoms with Gasteiger partial charge in [0, 0.05) is 10.9 Å². The van der Waals surface area contributed by atoms with Gasteiger partial charge in [0.2, 0.25) is 0 Å². The van der Waals surface area contributed by atoms with E-state index in [0.29, 0.717) is 29.2 Å². The number of benzene rings is 3. The lowest BCUT2D eigenvalue weighted by Crippen LogP contribution is -2.12. The molecule has 6 heteroatoms. The summed E-state index contributed by atoms with van der Waals surface area (Å²) in [4.78, 5) is 24.2. The zero-order valence-corrected chi connectivity index (χ0v) is 17.3. The average molecular weight is 455 g/mol. The predicted molar refractivity (Wildman–Crippen MR) is 113 cm³/mol. The fourth-order valence-electron chi connectivity index (χ4n) is 2.65. The van der Waals surface area contributed by atoms with E-state index in [1.54, 1.807) is 18.2 Å². The van der Waals surface area contributed by atoms with Gasteiger partial charge >= 0.3 is 11.9 Å². The highest BCUT2D eigenvalue weighted by molar-refractivity contribution is 9.10. The summed E-state index contributed by atoms with van der Waals surface area (Å²) in [6, 6.07) is 21.3. The van der Waals surface area contributed by atoms with Crippen LogP contribution in [-0.2, 0) is 11.2 Å². The van der Waals surface area contributed by atoms with E-state index in [-0.39, 0.29) is 0 Å². The first-order valence-corrected chi connectivity index (χ1v) is 9.73. The van der Waals surface area contributed by atoms with Crippen molar-refractivity contribution in [2.75, 3.05) is 13.7 Å². The second-order valence-electron chi connectivity index (χ2n) is 6.13. The second-order valence-corrected chi connectivity index (χ2v) is 7.05. The highest BCUT2D eigenvalue weighted by atomic mass is 79.9. The number of halogens is 1. The highest BCUT2D eigenvalue weighted by Crippen LogP contribution is 2.25. The molecule has 0 radical (unpaired) electrons. The molecule has 5 nitrogen and oxygen atoms in total. The normalized spacial score (nSPS) is 10.3. The van der Waals surface area contributed by atoms with Crippen LogP contribution in [-0.4, -0.2) is 25.7 Å². The van der Waals surface area contributed by atoms with Crippen LogP contribution in [0.1, 0.15) is 26.3 Å². The Labute approximate surface area is 177 Å².